The lowest BCUT2D eigenvalue weighted by Crippen LogP contribution is -2.27. The SMILES string of the molecule is CCCCc1nn(Cc2ccccc2C(=O)O)c(=O)n1Cc1ccc(-c2ccccc2-c2nnn[nH]2)cc1. The fourth-order valence-corrected chi connectivity index (χ4v) is 4.48. The predicted octanol–water partition coefficient (Wildman–Crippen LogP) is 4.03. The van der Waals surface area contributed by atoms with Crippen LogP contribution in [-0.2, 0) is 19.5 Å². The van der Waals surface area contributed by atoms with Crippen molar-refractivity contribution in [3.05, 3.63) is 106 Å². The average molecular weight is 510 g/mol. The first-order chi connectivity index (χ1) is 18.5. The lowest BCUT2D eigenvalue weighted by atomic mass is 9.98. The van der Waals surface area contributed by atoms with Gasteiger partial charge in [-0.05, 0) is 45.2 Å². The number of tetrazole rings is 1. The zero-order valence-corrected chi connectivity index (χ0v) is 20.9. The van der Waals surface area contributed by atoms with E-state index in [4.69, 9.17) is 0 Å². The van der Waals surface area contributed by atoms with Crippen molar-refractivity contribution in [2.75, 3.05) is 0 Å². The normalized spacial score (nSPS) is 11.1. The highest BCUT2D eigenvalue weighted by Crippen LogP contribution is 2.29. The molecule has 0 atom stereocenters. The fraction of sp³-hybridized carbons (Fsp3) is 0.214. The fourth-order valence-electron chi connectivity index (χ4n) is 4.48. The van der Waals surface area contributed by atoms with Gasteiger partial charge in [0.25, 0.3) is 0 Å². The Morgan fingerprint density at radius 2 is 1.68 bits per heavy atom. The van der Waals surface area contributed by atoms with Crippen LogP contribution in [-0.4, -0.2) is 46.0 Å². The minimum atomic E-state index is -1.03. The number of aryl methyl sites for hydroxylation is 1. The van der Waals surface area contributed by atoms with Gasteiger partial charge in [0.2, 0.25) is 0 Å². The molecule has 0 unspecified atom stereocenters. The quantitative estimate of drug-likeness (QED) is 0.291. The molecular weight excluding hydrogens is 482 g/mol. The maximum absolute atomic E-state index is 13.4. The third-order valence-corrected chi connectivity index (χ3v) is 6.45. The number of hydrogen-bond acceptors (Lipinski definition) is 6. The Morgan fingerprint density at radius 3 is 2.39 bits per heavy atom. The van der Waals surface area contributed by atoms with Gasteiger partial charge in [0.05, 0.1) is 18.7 Å². The van der Waals surface area contributed by atoms with Gasteiger partial charge in [-0.1, -0.05) is 80.1 Å². The highest BCUT2D eigenvalue weighted by molar-refractivity contribution is 5.89. The van der Waals surface area contributed by atoms with Gasteiger partial charge in [-0.3, -0.25) is 4.57 Å². The van der Waals surface area contributed by atoms with E-state index in [1.165, 1.54) is 10.7 Å². The van der Waals surface area contributed by atoms with Crippen LogP contribution < -0.4 is 5.69 Å². The van der Waals surface area contributed by atoms with E-state index in [2.05, 4.69) is 32.6 Å². The van der Waals surface area contributed by atoms with Crippen LogP contribution in [0.25, 0.3) is 22.5 Å². The third-order valence-electron chi connectivity index (χ3n) is 6.45. The van der Waals surface area contributed by atoms with Crippen LogP contribution in [0.5, 0.6) is 0 Å². The number of aromatic amines is 1. The molecule has 0 bridgehead atoms. The summed E-state index contributed by atoms with van der Waals surface area (Å²) in [5, 5.41) is 28.4. The van der Waals surface area contributed by atoms with Gasteiger partial charge < -0.3 is 5.11 Å². The van der Waals surface area contributed by atoms with Crippen molar-refractivity contribution in [1.29, 1.82) is 0 Å². The molecule has 2 aromatic heterocycles. The van der Waals surface area contributed by atoms with Gasteiger partial charge in [-0.25, -0.2) is 19.4 Å². The van der Waals surface area contributed by atoms with Crippen molar-refractivity contribution in [3.63, 3.8) is 0 Å². The van der Waals surface area contributed by atoms with Gasteiger partial charge >= 0.3 is 11.7 Å². The number of hydrogen-bond donors (Lipinski definition) is 2. The first-order valence-corrected chi connectivity index (χ1v) is 12.4. The highest BCUT2D eigenvalue weighted by atomic mass is 16.4. The molecule has 5 rings (SSSR count). The van der Waals surface area contributed by atoms with Gasteiger partial charge in [0.15, 0.2) is 5.82 Å². The molecule has 0 radical (unpaired) electrons. The first-order valence-electron chi connectivity index (χ1n) is 12.4. The second-order valence-corrected chi connectivity index (χ2v) is 9.00. The summed E-state index contributed by atoms with van der Waals surface area (Å²) in [7, 11) is 0. The standard InChI is InChI=1S/C28H27N7O3/c1-2-3-12-25-31-35(18-21-8-4-5-10-23(21)27(36)37)28(38)34(25)17-19-13-15-20(16-14-19)22-9-6-7-11-24(22)26-29-32-33-30-26/h4-11,13-16H,2-3,12,17-18H2,1H3,(H,36,37)(H,29,30,32,33). The molecule has 0 saturated heterocycles. The van der Waals surface area contributed by atoms with Crippen molar-refractivity contribution in [1.82, 2.24) is 35.0 Å². The Bertz CT molecular complexity index is 1600. The molecule has 3 aromatic carbocycles. The lowest BCUT2D eigenvalue weighted by Gasteiger charge is -2.09. The molecule has 0 aliphatic carbocycles. The summed E-state index contributed by atoms with van der Waals surface area (Å²) in [6, 6.07) is 22.6. The summed E-state index contributed by atoms with van der Waals surface area (Å²) < 4.78 is 3.05. The van der Waals surface area contributed by atoms with E-state index in [9.17, 15) is 14.7 Å². The summed E-state index contributed by atoms with van der Waals surface area (Å²) in [5.41, 5.74) is 4.29. The van der Waals surface area contributed by atoms with E-state index >= 15 is 0 Å². The van der Waals surface area contributed by atoms with Crippen LogP contribution in [0.4, 0.5) is 0 Å². The van der Waals surface area contributed by atoms with E-state index in [1.54, 1.807) is 22.8 Å². The summed E-state index contributed by atoms with van der Waals surface area (Å²) in [5.74, 6) is 0.256. The minimum Gasteiger partial charge on any atom is -0.478 e. The number of carbonyl (C=O) groups is 1. The molecule has 0 aliphatic heterocycles. The molecule has 2 heterocycles. The van der Waals surface area contributed by atoms with E-state index in [-0.39, 0.29) is 17.8 Å². The van der Waals surface area contributed by atoms with E-state index < -0.39 is 5.97 Å². The molecular formula is C28H27N7O3. The van der Waals surface area contributed by atoms with Gasteiger partial charge in [0.1, 0.15) is 5.82 Å². The van der Waals surface area contributed by atoms with Crippen molar-refractivity contribution in [2.24, 2.45) is 0 Å². The largest absolute Gasteiger partial charge is 0.478 e. The smallest absolute Gasteiger partial charge is 0.346 e. The monoisotopic (exact) mass is 509 g/mol. The van der Waals surface area contributed by atoms with Crippen molar-refractivity contribution < 1.29 is 9.90 Å². The number of nitrogens with one attached hydrogen (secondary N) is 1. The number of carboxylic acids is 1. The zero-order chi connectivity index (χ0) is 26.5. The molecule has 0 spiro atoms. The Labute approximate surface area is 218 Å². The molecule has 0 saturated carbocycles. The minimum absolute atomic E-state index is 0.0969. The van der Waals surface area contributed by atoms with Crippen LogP contribution in [0.2, 0.25) is 0 Å². The first kappa shape index (κ1) is 24.8. The maximum atomic E-state index is 13.4. The van der Waals surface area contributed by atoms with E-state index in [0.717, 1.165) is 35.1 Å². The Morgan fingerprint density at radius 1 is 0.947 bits per heavy atom. The molecule has 10 nitrogen and oxygen atoms in total. The highest BCUT2D eigenvalue weighted by Gasteiger charge is 2.17. The molecule has 192 valence electrons. The molecule has 5 aromatic rings. The Balaban J connectivity index is 1.44. The van der Waals surface area contributed by atoms with Crippen LogP contribution in [0.15, 0.2) is 77.6 Å². The topological polar surface area (TPSA) is 132 Å². The van der Waals surface area contributed by atoms with Crippen molar-refractivity contribution >= 4 is 5.97 Å². The van der Waals surface area contributed by atoms with Gasteiger partial charge in [-0.2, -0.15) is 5.10 Å². The lowest BCUT2D eigenvalue weighted by molar-refractivity contribution is 0.0695. The van der Waals surface area contributed by atoms with Crippen molar-refractivity contribution in [3.8, 4) is 22.5 Å². The number of nitrogens with zero attached hydrogens (tertiary/aromatic N) is 6. The molecule has 0 amide bonds. The van der Waals surface area contributed by atoms with Crippen LogP contribution >= 0.6 is 0 Å². The molecule has 38 heavy (non-hydrogen) atoms. The number of benzene rings is 3. The number of rotatable bonds is 10. The molecule has 0 aliphatic rings. The number of aromatic nitrogens is 7. The summed E-state index contributed by atoms with van der Waals surface area (Å²) in [6.07, 6.45) is 2.53. The Hall–Kier alpha value is -4.86. The number of H-pyrrole nitrogens is 1. The maximum Gasteiger partial charge on any atom is 0.346 e. The van der Waals surface area contributed by atoms with Crippen LogP contribution in [0, 0.1) is 0 Å². The number of carboxylic acid groups (broad SMARTS) is 1. The van der Waals surface area contributed by atoms with Crippen LogP contribution in [0.3, 0.4) is 0 Å². The van der Waals surface area contributed by atoms with Crippen molar-refractivity contribution in [2.45, 2.75) is 39.3 Å². The van der Waals surface area contributed by atoms with Gasteiger partial charge in [0, 0.05) is 12.0 Å². The molecule has 0 fully saturated rings. The van der Waals surface area contributed by atoms with Gasteiger partial charge in [-0.15, -0.1) is 5.10 Å². The Kier molecular flexibility index (Phi) is 7.21. The van der Waals surface area contributed by atoms with E-state index in [1.807, 2.05) is 48.5 Å². The van der Waals surface area contributed by atoms with Crippen LogP contribution in [0.1, 0.15) is 47.1 Å². The second kappa shape index (κ2) is 11.0. The summed E-state index contributed by atoms with van der Waals surface area (Å²) in [4.78, 5) is 25.0. The average Bonchev–Trinajstić information content (AvgIpc) is 3.57. The second-order valence-electron chi connectivity index (χ2n) is 9.00. The number of aromatic carboxylic acids is 1. The summed E-state index contributed by atoms with van der Waals surface area (Å²) in [6.45, 7) is 2.56. The predicted molar refractivity (Wildman–Crippen MR) is 142 cm³/mol. The number of unbranched alkanes of at least 4 members (excludes halogenated alkanes) is 1. The molecule has 10 heteroatoms. The van der Waals surface area contributed by atoms with E-state index in [0.29, 0.717) is 30.2 Å². The zero-order valence-electron chi connectivity index (χ0n) is 20.9. The molecule has 2 N–H and O–H groups in total. The summed E-state index contributed by atoms with van der Waals surface area (Å²) >= 11 is 0. The third kappa shape index (κ3) is 5.15.